The summed E-state index contributed by atoms with van der Waals surface area (Å²) in [6.45, 7) is 7.57. The lowest BCUT2D eigenvalue weighted by atomic mass is 9.78. The van der Waals surface area contributed by atoms with Crippen LogP contribution in [-0.2, 0) is 9.53 Å². The van der Waals surface area contributed by atoms with Crippen molar-refractivity contribution in [3.8, 4) is 0 Å². The summed E-state index contributed by atoms with van der Waals surface area (Å²) in [6, 6.07) is 0.485. The lowest BCUT2D eigenvalue weighted by molar-refractivity contribution is -0.149. The second-order valence-electron chi connectivity index (χ2n) is 6.46. The zero-order valence-electron chi connectivity index (χ0n) is 12.5. The van der Waals surface area contributed by atoms with Crippen molar-refractivity contribution in [2.75, 3.05) is 13.2 Å². The van der Waals surface area contributed by atoms with Crippen molar-refractivity contribution < 1.29 is 9.53 Å². The third-order valence-electron chi connectivity index (χ3n) is 4.74. The lowest BCUT2D eigenvalue weighted by Crippen LogP contribution is -2.53. The largest absolute Gasteiger partial charge is 0.375 e. The molecule has 2 N–H and O–H groups in total. The summed E-state index contributed by atoms with van der Waals surface area (Å²) in [5.74, 6) is 0.849. The van der Waals surface area contributed by atoms with Gasteiger partial charge in [-0.3, -0.25) is 4.79 Å². The molecule has 1 amide bonds. The summed E-state index contributed by atoms with van der Waals surface area (Å²) in [5.41, 5.74) is 6.05. The van der Waals surface area contributed by atoms with E-state index in [1.165, 1.54) is 6.42 Å². The Balaban J connectivity index is 1.97. The summed E-state index contributed by atoms with van der Waals surface area (Å²) in [4.78, 5) is 14.7. The maximum Gasteiger partial charge on any atom is 0.226 e. The smallest absolute Gasteiger partial charge is 0.226 e. The van der Waals surface area contributed by atoms with Crippen LogP contribution >= 0.6 is 0 Å². The van der Waals surface area contributed by atoms with Crippen molar-refractivity contribution >= 4 is 5.91 Å². The minimum absolute atomic E-state index is 0.0964. The number of amides is 1. The first-order valence-corrected chi connectivity index (χ1v) is 7.66. The molecule has 5 atom stereocenters. The van der Waals surface area contributed by atoms with Crippen molar-refractivity contribution in [1.82, 2.24) is 4.90 Å². The summed E-state index contributed by atoms with van der Waals surface area (Å²) < 4.78 is 5.60. The van der Waals surface area contributed by atoms with Crippen LogP contribution in [0.3, 0.4) is 0 Å². The average molecular weight is 268 g/mol. The molecule has 0 bridgehead atoms. The molecule has 2 aliphatic rings. The zero-order valence-corrected chi connectivity index (χ0v) is 12.5. The molecule has 0 spiro atoms. The summed E-state index contributed by atoms with van der Waals surface area (Å²) in [6.07, 6.45) is 4.58. The monoisotopic (exact) mass is 268 g/mol. The highest BCUT2D eigenvalue weighted by atomic mass is 16.5. The summed E-state index contributed by atoms with van der Waals surface area (Å²) >= 11 is 0. The van der Waals surface area contributed by atoms with Gasteiger partial charge in [0.2, 0.25) is 5.91 Å². The molecule has 1 heterocycles. The Morgan fingerprint density at radius 3 is 2.79 bits per heavy atom. The fourth-order valence-electron chi connectivity index (χ4n) is 3.39. The normalized spacial score (nSPS) is 38.0. The molecule has 0 aromatic rings. The van der Waals surface area contributed by atoms with E-state index in [9.17, 15) is 4.79 Å². The maximum absolute atomic E-state index is 12.7. The number of ether oxygens (including phenoxy) is 1. The Bertz CT molecular complexity index is 321. The highest BCUT2D eigenvalue weighted by molar-refractivity contribution is 5.79. The van der Waals surface area contributed by atoms with Crippen LogP contribution < -0.4 is 5.73 Å². The number of carbonyl (C=O) groups excluding carboxylic acids is 1. The van der Waals surface area contributed by atoms with Crippen LogP contribution in [-0.4, -0.2) is 42.1 Å². The second kappa shape index (κ2) is 6.23. The van der Waals surface area contributed by atoms with E-state index >= 15 is 0 Å². The molecule has 0 aromatic carbocycles. The van der Waals surface area contributed by atoms with E-state index < -0.39 is 0 Å². The quantitative estimate of drug-likeness (QED) is 0.830. The molecule has 1 aliphatic carbocycles. The standard InChI is InChI=1S/C15H28N2O2/c1-10-9-19-11(2)8-17(10)15(18)12(3)13-5-4-6-14(16)7-13/h10-14H,4-9,16H2,1-3H3. The molecular formula is C15H28N2O2. The van der Waals surface area contributed by atoms with E-state index in [0.717, 1.165) is 25.8 Å². The molecular weight excluding hydrogens is 240 g/mol. The van der Waals surface area contributed by atoms with Gasteiger partial charge < -0.3 is 15.4 Å². The number of morpholine rings is 1. The van der Waals surface area contributed by atoms with Crippen molar-refractivity contribution in [2.45, 2.75) is 64.6 Å². The third kappa shape index (κ3) is 3.48. The number of nitrogens with zero attached hydrogens (tertiary/aromatic N) is 1. The van der Waals surface area contributed by atoms with Gasteiger partial charge in [0.25, 0.3) is 0 Å². The topological polar surface area (TPSA) is 55.6 Å². The minimum Gasteiger partial charge on any atom is -0.375 e. The first-order chi connectivity index (χ1) is 8.99. The van der Waals surface area contributed by atoms with Crippen LogP contribution in [0.15, 0.2) is 0 Å². The Morgan fingerprint density at radius 1 is 1.37 bits per heavy atom. The van der Waals surface area contributed by atoms with Crippen molar-refractivity contribution in [1.29, 1.82) is 0 Å². The van der Waals surface area contributed by atoms with E-state index in [4.69, 9.17) is 10.5 Å². The minimum atomic E-state index is 0.0964. The molecule has 1 saturated heterocycles. The van der Waals surface area contributed by atoms with Gasteiger partial charge in [-0.1, -0.05) is 13.3 Å². The van der Waals surface area contributed by atoms with Crippen molar-refractivity contribution in [3.63, 3.8) is 0 Å². The van der Waals surface area contributed by atoms with E-state index in [1.807, 2.05) is 11.8 Å². The van der Waals surface area contributed by atoms with Gasteiger partial charge in [0.05, 0.1) is 18.8 Å². The number of hydrogen-bond donors (Lipinski definition) is 1. The van der Waals surface area contributed by atoms with Gasteiger partial charge in [-0.25, -0.2) is 0 Å². The van der Waals surface area contributed by atoms with E-state index in [1.54, 1.807) is 0 Å². The fraction of sp³-hybridized carbons (Fsp3) is 0.933. The maximum atomic E-state index is 12.7. The molecule has 2 rings (SSSR count). The molecule has 1 saturated carbocycles. The molecule has 4 heteroatoms. The predicted molar refractivity (Wildman–Crippen MR) is 75.7 cm³/mol. The van der Waals surface area contributed by atoms with Crippen LogP contribution in [0.4, 0.5) is 0 Å². The highest BCUT2D eigenvalue weighted by Crippen LogP contribution is 2.31. The number of hydrogen-bond acceptors (Lipinski definition) is 3. The van der Waals surface area contributed by atoms with Crippen molar-refractivity contribution in [2.24, 2.45) is 17.6 Å². The molecule has 0 aromatic heterocycles. The Morgan fingerprint density at radius 2 is 2.11 bits per heavy atom. The fourth-order valence-corrected chi connectivity index (χ4v) is 3.39. The molecule has 4 nitrogen and oxygen atoms in total. The summed E-state index contributed by atoms with van der Waals surface area (Å²) in [5, 5.41) is 0. The third-order valence-corrected chi connectivity index (χ3v) is 4.74. The van der Waals surface area contributed by atoms with E-state index in [2.05, 4.69) is 13.8 Å². The van der Waals surface area contributed by atoms with Crippen LogP contribution in [0.2, 0.25) is 0 Å². The van der Waals surface area contributed by atoms with Crippen LogP contribution in [0.25, 0.3) is 0 Å². The van der Waals surface area contributed by atoms with Gasteiger partial charge in [0, 0.05) is 18.5 Å². The molecule has 110 valence electrons. The first kappa shape index (κ1) is 14.8. The van der Waals surface area contributed by atoms with Gasteiger partial charge >= 0.3 is 0 Å². The Labute approximate surface area is 116 Å². The average Bonchev–Trinajstić information content (AvgIpc) is 2.40. The van der Waals surface area contributed by atoms with Gasteiger partial charge in [-0.05, 0) is 39.0 Å². The molecule has 1 aliphatic heterocycles. The molecule has 0 radical (unpaired) electrons. The Kier molecular flexibility index (Phi) is 4.85. The summed E-state index contributed by atoms with van der Waals surface area (Å²) in [7, 11) is 0. The van der Waals surface area contributed by atoms with Crippen LogP contribution in [0, 0.1) is 11.8 Å². The first-order valence-electron chi connectivity index (χ1n) is 7.66. The zero-order chi connectivity index (χ0) is 14.0. The second-order valence-corrected chi connectivity index (χ2v) is 6.46. The number of rotatable bonds is 2. The van der Waals surface area contributed by atoms with Gasteiger partial charge in [0.15, 0.2) is 0 Å². The van der Waals surface area contributed by atoms with E-state index in [0.29, 0.717) is 18.4 Å². The molecule has 19 heavy (non-hydrogen) atoms. The van der Waals surface area contributed by atoms with Gasteiger partial charge in [-0.15, -0.1) is 0 Å². The van der Waals surface area contributed by atoms with E-state index in [-0.39, 0.29) is 24.1 Å². The highest BCUT2D eigenvalue weighted by Gasteiger charge is 2.35. The van der Waals surface area contributed by atoms with Crippen LogP contribution in [0.1, 0.15) is 46.5 Å². The van der Waals surface area contributed by atoms with Gasteiger partial charge in [0.1, 0.15) is 0 Å². The van der Waals surface area contributed by atoms with Gasteiger partial charge in [-0.2, -0.15) is 0 Å². The van der Waals surface area contributed by atoms with Crippen molar-refractivity contribution in [3.05, 3.63) is 0 Å². The number of carbonyl (C=O) groups is 1. The SMILES string of the molecule is CC1CN(C(=O)C(C)C2CCCC(N)C2)C(C)CO1. The predicted octanol–water partition coefficient (Wildman–Crippen LogP) is 1.78. The van der Waals surface area contributed by atoms with Crippen LogP contribution in [0.5, 0.6) is 0 Å². The molecule has 5 unspecified atom stereocenters. The molecule has 2 fully saturated rings. The number of nitrogens with two attached hydrogens (primary N) is 1. The lowest BCUT2D eigenvalue weighted by Gasteiger charge is -2.40. The Hall–Kier alpha value is -0.610.